The largest absolute Gasteiger partial charge is 0.467 e. The van der Waals surface area contributed by atoms with E-state index in [1.54, 1.807) is 24.3 Å². The zero-order valence-electron chi connectivity index (χ0n) is 13.4. The third-order valence-electron chi connectivity index (χ3n) is 3.93. The molecule has 0 fully saturated rings. The van der Waals surface area contributed by atoms with E-state index in [4.69, 9.17) is 4.74 Å². The molecule has 1 aliphatic rings. The molecule has 0 spiro atoms. The van der Waals surface area contributed by atoms with Gasteiger partial charge in [-0.2, -0.15) is 5.10 Å². The zero-order valence-corrected chi connectivity index (χ0v) is 13.4. The summed E-state index contributed by atoms with van der Waals surface area (Å²) in [5, 5.41) is 5.66. The van der Waals surface area contributed by atoms with Crippen LogP contribution in [0.3, 0.4) is 0 Å². The van der Waals surface area contributed by atoms with Gasteiger partial charge in [0, 0.05) is 24.1 Å². The van der Waals surface area contributed by atoms with Gasteiger partial charge >= 0.3 is 5.97 Å². The number of methoxy groups -OCH3 is 1. The van der Waals surface area contributed by atoms with E-state index in [1.165, 1.54) is 12.1 Å². The van der Waals surface area contributed by atoms with Gasteiger partial charge in [0.15, 0.2) is 6.04 Å². The first-order valence-corrected chi connectivity index (χ1v) is 7.75. The average molecular weight is 322 g/mol. The summed E-state index contributed by atoms with van der Waals surface area (Å²) < 4.78 is 4.84. The van der Waals surface area contributed by atoms with Crippen LogP contribution in [0.1, 0.15) is 22.3 Å². The fourth-order valence-electron chi connectivity index (χ4n) is 2.73. The number of hydrazone groups is 1. The van der Waals surface area contributed by atoms with E-state index in [2.05, 4.69) is 5.10 Å². The Hall–Kier alpha value is -2.95. The van der Waals surface area contributed by atoms with Crippen molar-refractivity contribution in [1.29, 1.82) is 0 Å². The number of ether oxygens (including phenoxy) is 1. The molecular formula is C19H18N2O3. The minimum Gasteiger partial charge on any atom is -0.467 e. The second-order valence-corrected chi connectivity index (χ2v) is 5.59. The van der Waals surface area contributed by atoms with E-state index in [9.17, 15) is 9.59 Å². The quantitative estimate of drug-likeness (QED) is 0.813. The summed E-state index contributed by atoms with van der Waals surface area (Å²) in [4.78, 5) is 24.8. The highest BCUT2D eigenvalue weighted by atomic mass is 16.5. The van der Waals surface area contributed by atoms with Crippen molar-refractivity contribution in [2.45, 2.75) is 18.9 Å². The SMILES string of the molecule is COC(=O)C1CC(Cc2ccccc2)=NN1C(=O)c1ccccc1. The first-order valence-electron chi connectivity index (χ1n) is 7.75. The Kier molecular flexibility index (Phi) is 4.70. The molecule has 1 aliphatic heterocycles. The molecule has 0 aromatic heterocycles. The first-order chi connectivity index (χ1) is 11.7. The summed E-state index contributed by atoms with van der Waals surface area (Å²) in [6.45, 7) is 0. The number of nitrogens with zero attached hydrogens (tertiary/aromatic N) is 2. The van der Waals surface area contributed by atoms with Crippen molar-refractivity contribution < 1.29 is 14.3 Å². The Morgan fingerprint density at radius 3 is 2.33 bits per heavy atom. The number of benzene rings is 2. The lowest BCUT2D eigenvalue weighted by Crippen LogP contribution is -2.39. The van der Waals surface area contributed by atoms with Crippen molar-refractivity contribution >= 4 is 17.6 Å². The van der Waals surface area contributed by atoms with E-state index < -0.39 is 12.0 Å². The van der Waals surface area contributed by atoms with Gasteiger partial charge in [-0.1, -0.05) is 48.5 Å². The minimum absolute atomic E-state index is 0.297. The summed E-state index contributed by atoms with van der Waals surface area (Å²) in [7, 11) is 1.32. The van der Waals surface area contributed by atoms with E-state index >= 15 is 0 Å². The molecule has 24 heavy (non-hydrogen) atoms. The molecule has 0 N–H and O–H groups in total. The monoisotopic (exact) mass is 322 g/mol. The molecule has 0 saturated carbocycles. The van der Waals surface area contributed by atoms with E-state index in [-0.39, 0.29) is 5.91 Å². The Morgan fingerprint density at radius 2 is 1.71 bits per heavy atom. The fraction of sp³-hybridized carbons (Fsp3) is 0.211. The van der Waals surface area contributed by atoms with Crippen molar-refractivity contribution in [3.8, 4) is 0 Å². The van der Waals surface area contributed by atoms with Crippen LogP contribution in [0.2, 0.25) is 0 Å². The van der Waals surface area contributed by atoms with Crippen LogP contribution in [0.4, 0.5) is 0 Å². The van der Waals surface area contributed by atoms with Gasteiger partial charge in [-0.05, 0) is 17.7 Å². The van der Waals surface area contributed by atoms with Crippen LogP contribution in [0.15, 0.2) is 65.8 Å². The topological polar surface area (TPSA) is 59.0 Å². The summed E-state index contributed by atoms with van der Waals surface area (Å²) in [6, 6.07) is 18.0. The summed E-state index contributed by atoms with van der Waals surface area (Å²) in [6.07, 6.45) is 0.993. The van der Waals surface area contributed by atoms with Gasteiger partial charge in [-0.25, -0.2) is 9.80 Å². The van der Waals surface area contributed by atoms with Crippen molar-refractivity contribution in [3.05, 3.63) is 71.8 Å². The van der Waals surface area contributed by atoms with Gasteiger partial charge in [0.1, 0.15) is 0 Å². The van der Waals surface area contributed by atoms with Gasteiger partial charge < -0.3 is 4.74 Å². The predicted molar refractivity (Wildman–Crippen MR) is 90.6 cm³/mol. The van der Waals surface area contributed by atoms with Crippen LogP contribution < -0.4 is 0 Å². The molecule has 0 bridgehead atoms. The van der Waals surface area contributed by atoms with Crippen LogP contribution in [-0.2, 0) is 16.0 Å². The highest BCUT2D eigenvalue weighted by Gasteiger charge is 2.37. The highest BCUT2D eigenvalue weighted by Crippen LogP contribution is 2.22. The fourth-order valence-corrected chi connectivity index (χ4v) is 2.73. The maximum absolute atomic E-state index is 12.7. The molecule has 0 saturated heterocycles. The second kappa shape index (κ2) is 7.08. The third-order valence-corrected chi connectivity index (χ3v) is 3.93. The van der Waals surface area contributed by atoms with Crippen molar-refractivity contribution in [2.24, 2.45) is 5.10 Å². The minimum atomic E-state index is -0.707. The molecule has 1 unspecified atom stereocenters. The van der Waals surface area contributed by atoms with Gasteiger partial charge in [-0.3, -0.25) is 4.79 Å². The molecule has 2 aromatic carbocycles. The molecule has 0 aliphatic carbocycles. The number of esters is 1. The number of amides is 1. The molecular weight excluding hydrogens is 304 g/mol. The zero-order chi connectivity index (χ0) is 16.9. The third kappa shape index (κ3) is 3.35. The van der Waals surface area contributed by atoms with Gasteiger partial charge in [0.05, 0.1) is 7.11 Å². The maximum Gasteiger partial charge on any atom is 0.331 e. The number of carbonyl (C=O) groups is 2. The smallest absolute Gasteiger partial charge is 0.331 e. The second-order valence-electron chi connectivity index (χ2n) is 5.59. The van der Waals surface area contributed by atoms with Crippen LogP contribution in [-0.4, -0.2) is 35.7 Å². The molecule has 3 rings (SSSR count). The summed E-state index contributed by atoms with van der Waals surface area (Å²) >= 11 is 0. The van der Waals surface area contributed by atoms with Crippen molar-refractivity contribution in [2.75, 3.05) is 7.11 Å². The molecule has 5 heteroatoms. The molecule has 122 valence electrons. The molecule has 5 nitrogen and oxygen atoms in total. The standard InChI is InChI=1S/C19H18N2O3/c1-24-19(23)17-13-16(12-14-8-4-2-5-9-14)20-21(17)18(22)15-10-6-3-7-11-15/h2-11,17H,12-13H2,1H3. The molecule has 2 aromatic rings. The summed E-state index contributed by atoms with van der Waals surface area (Å²) in [5.41, 5.74) is 2.38. The summed E-state index contributed by atoms with van der Waals surface area (Å²) in [5.74, 6) is -0.750. The van der Waals surface area contributed by atoms with Crippen molar-refractivity contribution in [1.82, 2.24) is 5.01 Å². The number of hydrogen-bond donors (Lipinski definition) is 0. The Morgan fingerprint density at radius 1 is 1.08 bits per heavy atom. The average Bonchev–Trinajstić information content (AvgIpc) is 3.05. The normalized spacial score (nSPS) is 16.6. The van der Waals surface area contributed by atoms with E-state index in [1.807, 2.05) is 36.4 Å². The van der Waals surface area contributed by atoms with Crippen LogP contribution >= 0.6 is 0 Å². The predicted octanol–water partition coefficient (Wildman–Crippen LogP) is 2.67. The van der Waals surface area contributed by atoms with Gasteiger partial charge in [-0.15, -0.1) is 0 Å². The van der Waals surface area contributed by atoms with Gasteiger partial charge in [0.2, 0.25) is 0 Å². The van der Waals surface area contributed by atoms with E-state index in [0.717, 1.165) is 11.3 Å². The van der Waals surface area contributed by atoms with Crippen LogP contribution in [0, 0.1) is 0 Å². The van der Waals surface area contributed by atoms with Crippen LogP contribution in [0.25, 0.3) is 0 Å². The lowest BCUT2D eigenvalue weighted by atomic mass is 10.0. The number of rotatable bonds is 4. The van der Waals surface area contributed by atoms with E-state index in [0.29, 0.717) is 18.4 Å². The number of carbonyl (C=O) groups excluding carboxylic acids is 2. The number of hydrogen-bond acceptors (Lipinski definition) is 4. The Labute approximate surface area is 140 Å². The lowest BCUT2D eigenvalue weighted by molar-refractivity contribution is -0.145. The Balaban J connectivity index is 1.85. The first kappa shape index (κ1) is 15.9. The van der Waals surface area contributed by atoms with Crippen LogP contribution in [0.5, 0.6) is 0 Å². The molecule has 1 amide bonds. The highest BCUT2D eigenvalue weighted by molar-refractivity contribution is 6.02. The Bertz CT molecular complexity index is 757. The lowest BCUT2D eigenvalue weighted by Gasteiger charge is -2.19. The molecule has 0 radical (unpaired) electrons. The van der Waals surface area contributed by atoms with Gasteiger partial charge in [0.25, 0.3) is 5.91 Å². The molecule has 1 atom stereocenters. The van der Waals surface area contributed by atoms with Crippen molar-refractivity contribution in [3.63, 3.8) is 0 Å². The molecule has 1 heterocycles. The maximum atomic E-state index is 12.7.